The van der Waals surface area contributed by atoms with E-state index in [1.54, 1.807) is 13.2 Å². The van der Waals surface area contributed by atoms with Gasteiger partial charge in [0, 0.05) is 30.4 Å². The van der Waals surface area contributed by atoms with E-state index in [0.717, 1.165) is 15.8 Å². The molecule has 0 radical (unpaired) electrons. The van der Waals surface area contributed by atoms with Gasteiger partial charge in [-0.3, -0.25) is 9.80 Å². The quantitative estimate of drug-likeness (QED) is 0.738. The van der Waals surface area contributed by atoms with Crippen molar-refractivity contribution in [3.63, 3.8) is 0 Å². The fourth-order valence-corrected chi connectivity index (χ4v) is 3.57. The molecule has 140 valence electrons. The average molecular weight is 372 g/mol. The molecule has 0 saturated carbocycles. The number of anilines is 2. The first-order valence-electron chi connectivity index (χ1n) is 8.38. The monoisotopic (exact) mass is 372 g/mol. The summed E-state index contributed by atoms with van der Waals surface area (Å²) >= 11 is 0. The van der Waals surface area contributed by atoms with Gasteiger partial charge < -0.3 is 9.72 Å². The highest BCUT2D eigenvalue weighted by Gasteiger charge is 2.35. The van der Waals surface area contributed by atoms with Gasteiger partial charge in [0.1, 0.15) is 11.3 Å². The molecule has 6 nitrogen and oxygen atoms in total. The van der Waals surface area contributed by atoms with Gasteiger partial charge in [0.25, 0.3) is 0 Å². The van der Waals surface area contributed by atoms with E-state index in [1.807, 2.05) is 13.1 Å². The number of aromatic amines is 1. The van der Waals surface area contributed by atoms with Crippen LogP contribution < -0.4 is 14.5 Å². The Hall–Kier alpha value is -3.16. The van der Waals surface area contributed by atoms with Crippen molar-refractivity contribution < 1.29 is 18.3 Å². The Labute approximate surface area is 154 Å². The SMILES string of the molecule is COc1cc(C)c(F)c(N2Cc3cnc4[nH]cc(C)c4c3N(C)C2=O)c1F. The van der Waals surface area contributed by atoms with Gasteiger partial charge in [0.15, 0.2) is 17.4 Å². The molecule has 0 bridgehead atoms. The van der Waals surface area contributed by atoms with Gasteiger partial charge in [-0.2, -0.15) is 0 Å². The predicted octanol–water partition coefficient (Wildman–Crippen LogP) is 4.04. The normalized spacial score (nSPS) is 14.1. The van der Waals surface area contributed by atoms with Crippen molar-refractivity contribution in [1.82, 2.24) is 9.97 Å². The van der Waals surface area contributed by atoms with Crippen LogP contribution in [0.5, 0.6) is 5.75 Å². The molecule has 2 aromatic heterocycles. The Morgan fingerprint density at radius 1 is 1.19 bits per heavy atom. The molecule has 0 atom stereocenters. The van der Waals surface area contributed by atoms with Crippen LogP contribution in [-0.2, 0) is 6.54 Å². The summed E-state index contributed by atoms with van der Waals surface area (Å²) < 4.78 is 34.6. The van der Waals surface area contributed by atoms with Crippen LogP contribution in [-0.4, -0.2) is 30.2 Å². The molecule has 1 aromatic carbocycles. The second kappa shape index (κ2) is 5.94. The fraction of sp³-hybridized carbons (Fsp3) is 0.263. The molecule has 0 spiro atoms. The molecule has 2 amide bonds. The third kappa shape index (κ3) is 2.36. The highest BCUT2D eigenvalue weighted by Crippen LogP contribution is 2.40. The van der Waals surface area contributed by atoms with Crippen molar-refractivity contribution in [2.75, 3.05) is 24.0 Å². The van der Waals surface area contributed by atoms with Crippen molar-refractivity contribution in [3.8, 4) is 5.75 Å². The van der Waals surface area contributed by atoms with Crippen LogP contribution in [0.1, 0.15) is 16.7 Å². The molecule has 3 aromatic rings. The molecule has 0 saturated heterocycles. The molecule has 0 fully saturated rings. The van der Waals surface area contributed by atoms with Crippen LogP contribution in [0.4, 0.5) is 25.0 Å². The molecule has 3 heterocycles. The van der Waals surface area contributed by atoms with E-state index in [-0.39, 0.29) is 17.9 Å². The molecule has 27 heavy (non-hydrogen) atoms. The summed E-state index contributed by atoms with van der Waals surface area (Å²) in [5, 5.41) is 0.825. The zero-order valence-corrected chi connectivity index (χ0v) is 15.4. The van der Waals surface area contributed by atoms with Crippen molar-refractivity contribution in [3.05, 3.63) is 46.8 Å². The molecule has 0 unspecified atom stereocenters. The number of benzene rings is 1. The van der Waals surface area contributed by atoms with E-state index in [9.17, 15) is 13.6 Å². The van der Waals surface area contributed by atoms with E-state index in [1.165, 1.54) is 25.0 Å². The second-order valence-corrected chi connectivity index (χ2v) is 6.63. The number of amides is 2. The van der Waals surface area contributed by atoms with Gasteiger partial charge >= 0.3 is 6.03 Å². The molecule has 1 aliphatic rings. The van der Waals surface area contributed by atoms with Crippen molar-refractivity contribution in [1.29, 1.82) is 0 Å². The third-order valence-corrected chi connectivity index (χ3v) is 4.94. The van der Waals surface area contributed by atoms with Crippen LogP contribution in [0.25, 0.3) is 11.0 Å². The number of H-pyrrole nitrogens is 1. The zero-order valence-electron chi connectivity index (χ0n) is 15.4. The number of nitrogens with one attached hydrogen (secondary N) is 1. The number of rotatable bonds is 2. The number of hydrogen-bond donors (Lipinski definition) is 1. The highest BCUT2D eigenvalue weighted by molar-refractivity contribution is 6.11. The molecular weight excluding hydrogens is 354 g/mol. The maximum absolute atomic E-state index is 14.8. The number of carbonyl (C=O) groups excluding carboxylic acids is 1. The van der Waals surface area contributed by atoms with Gasteiger partial charge in [0.2, 0.25) is 0 Å². The summed E-state index contributed by atoms with van der Waals surface area (Å²) in [5.41, 5.74) is 2.78. The number of aryl methyl sites for hydroxylation is 2. The Kier molecular flexibility index (Phi) is 3.80. The number of ether oxygens (including phenoxy) is 1. The predicted molar refractivity (Wildman–Crippen MR) is 98.5 cm³/mol. The molecule has 0 aliphatic carbocycles. The lowest BCUT2D eigenvalue weighted by Crippen LogP contribution is -2.46. The number of fused-ring (bicyclic) bond motifs is 3. The lowest BCUT2D eigenvalue weighted by molar-refractivity contribution is 0.250. The topological polar surface area (TPSA) is 61.5 Å². The molecule has 8 heteroatoms. The van der Waals surface area contributed by atoms with Gasteiger partial charge in [0.05, 0.1) is 19.3 Å². The summed E-state index contributed by atoms with van der Waals surface area (Å²) in [6, 6.07) is 0.746. The standard InChI is InChI=1S/C19H18F2N4O2/c1-9-5-12(27-4)15(21)17(14(9)20)25-8-11-7-23-18-13(10(2)6-22-18)16(11)24(3)19(25)26/h5-7H,8H2,1-4H3,(H,22,23). The van der Waals surface area contributed by atoms with E-state index in [4.69, 9.17) is 4.74 Å². The Morgan fingerprint density at radius 3 is 2.63 bits per heavy atom. The van der Waals surface area contributed by atoms with Crippen LogP contribution >= 0.6 is 0 Å². The number of methoxy groups -OCH3 is 1. The van der Waals surface area contributed by atoms with Crippen LogP contribution in [0.3, 0.4) is 0 Å². The lowest BCUT2D eigenvalue weighted by atomic mass is 10.1. The minimum atomic E-state index is -0.905. The highest BCUT2D eigenvalue weighted by atomic mass is 19.1. The summed E-state index contributed by atoms with van der Waals surface area (Å²) in [4.78, 5) is 22.9. The molecule has 1 aliphatic heterocycles. The molecule has 4 rings (SSSR count). The van der Waals surface area contributed by atoms with E-state index in [0.29, 0.717) is 16.9 Å². The first kappa shape index (κ1) is 17.3. The zero-order chi connectivity index (χ0) is 19.5. The van der Waals surface area contributed by atoms with E-state index < -0.39 is 23.4 Å². The van der Waals surface area contributed by atoms with Crippen molar-refractivity contribution >= 4 is 28.4 Å². The fourth-order valence-electron chi connectivity index (χ4n) is 3.57. The summed E-state index contributed by atoms with van der Waals surface area (Å²) in [6.07, 6.45) is 3.43. The number of halogens is 2. The maximum Gasteiger partial charge on any atom is 0.329 e. The average Bonchev–Trinajstić information content (AvgIpc) is 3.03. The smallest absolute Gasteiger partial charge is 0.329 e. The van der Waals surface area contributed by atoms with Gasteiger partial charge in [-0.15, -0.1) is 0 Å². The number of aromatic nitrogens is 2. The van der Waals surface area contributed by atoms with Crippen molar-refractivity contribution in [2.45, 2.75) is 20.4 Å². The van der Waals surface area contributed by atoms with Crippen LogP contribution in [0.2, 0.25) is 0 Å². The van der Waals surface area contributed by atoms with Crippen LogP contribution in [0.15, 0.2) is 18.5 Å². The number of pyridine rings is 1. The minimum absolute atomic E-state index is 0.00646. The number of urea groups is 1. The summed E-state index contributed by atoms with van der Waals surface area (Å²) in [6.45, 7) is 3.42. The maximum atomic E-state index is 14.8. The number of carbonyl (C=O) groups is 1. The van der Waals surface area contributed by atoms with Crippen molar-refractivity contribution in [2.24, 2.45) is 0 Å². The first-order chi connectivity index (χ1) is 12.8. The number of hydrogen-bond acceptors (Lipinski definition) is 3. The Morgan fingerprint density at radius 2 is 1.93 bits per heavy atom. The number of nitrogens with zero attached hydrogens (tertiary/aromatic N) is 3. The van der Waals surface area contributed by atoms with E-state index >= 15 is 0 Å². The Balaban J connectivity index is 1.92. The summed E-state index contributed by atoms with van der Waals surface area (Å²) in [5.74, 6) is -1.80. The van der Waals surface area contributed by atoms with Crippen LogP contribution in [0, 0.1) is 25.5 Å². The second-order valence-electron chi connectivity index (χ2n) is 6.63. The largest absolute Gasteiger partial charge is 0.494 e. The third-order valence-electron chi connectivity index (χ3n) is 4.94. The van der Waals surface area contributed by atoms with Gasteiger partial charge in [-0.1, -0.05) is 0 Å². The Bertz CT molecular complexity index is 1090. The lowest BCUT2D eigenvalue weighted by Gasteiger charge is -2.35. The van der Waals surface area contributed by atoms with E-state index in [2.05, 4.69) is 9.97 Å². The molecule has 1 N–H and O–H groups in total. The summed E-state index contributed by atoms with van der Waals surface area (Å²) in [7, 11) is 2.89. The van der Waals surface area contributed by atoms with Gasteiger partial charge in [-0.25, -0.2) is 18.6 Å². The minimum Gasteiger partial charge on any atom is -0.494 e. The first-order valence-corrected chi connectivity index (χ1v) is 8.38. The van der Waals surface area contributed by atoms with Gasteiger partial charge in [-0.05, 0) is 31.0 Å². The molecular formula is C19H18F2N4O2.